The van der Waals surface area contributed by atoms with E-state index >= 15 is 0 Å². The van der Waals surface area contributed by atoms with Crippen LogP contribution in [0.3, 0.4) is 0 Å². The molecule has 0 aromatic heterocycles. The minimum Gasteiger partial charge on any atom is -0.396 e. The third-order valence-electron chi connectivity index (χ3n) is 2.11. The first-order valence-electron chi connectivity index (χ1n) is 4.59. The number of ether oxygens (including phenoxy) is 1. The molecule has 86 valence electrons. The summed E-state index contributed by atoms with van der Waals surface area (Å²) in [4.78, 5) is 0. The lowest BCUT2D eigenvalue weighted by Crippen LogP contribution is -2.37. The summed E-state index contributed by atoms with van der Waals surface area (Å²) in [6.45, 7) is 2.94. The molecule has 0 aliphatic rings. The molecule has 0 aromatic rings. The first-order valence-corrected chi connectivity index (χ1v) is 4.59. The van der Waals surface area contributed by atoms with E-state index < -0.39 is 17.6 Å². The van der Waals surface area contributed by atoms with Crippen LogP contribution in [-0.2, 0) is 4.74 Å². The van der Waals surface area contributed by atoms with E-state index in [4.69, 9.17) is 20.1 Å². The maximum Gasteiger partial charge on any atom is 0.100 e. The molecule has 0 spiro atoms. The lowest BCUT2D eigenvalue weighted by Gasteiger charge is -2.28. The van der Waals surface area contributed by atoms with Gasteiger partial charge in [-0.1, -0.05) is 13.8 Å². The van der Waals surface area contributed by atoms with E-state index in [9.17, 15) is 5.11 Å². The van der Waals surface area contributed by atoms with E-state index in [1.165, 1.54) is 0 Å². The van der Waals surface area contributed by atoms with Gasteiger partial charge >= 0.3 is 0 Å². The summed E-state index contributed by atoms with van der Waals surface area (Å²) < 4.78 is 4.97. The van der Waals surface area contributed by atoms with Gasteiger partial charge in [-0.25, -0.2) is 0 Å². The third-order valence-corrected chi connectivity index (χ3v) is 2.11. The highest BCUT2D eigenvalue weighted by Crippen LogP contribution is 2.19. The molecule has 2 unspecified atom stereocenters. The molecule has 0 aliphatic heterocycles. The summed E-state index contributed by atoms with van der Waals surface area (Å²) in [6.07, 6.45) is -1.71. The molecule has 0 saturated carbocycles. The lowest BCUT2D eigenvalue weighted by molar-refractivity contribution is -0.0694. The second kappa shape index (κ2) is 6.31. The van der Waals surface area contributed by atoms with Gasteiger partial charge in [0.2, 0.25) is 0 Å². The Bertz CT molecular complexity index is 148. The highest BCUT2D eigenvalue weighted by Gasteiger charge is 2.27. The highest BCUT2D eigenvalue weighted by atomic mass is 16.5. The summed E-state index contributed by atoms with van der Waals surface area (Å²) in [6, 6.07) is 0. The second-order valence-corrected chi connectivity index (χ2v) is 4.04. The Morgan fingerprint density at radius 1 is 1.14 bits per heavy atom. The molecule has 4 N–H and O–H groups in total. The minimum absolute atomic E-state index is 0.0188. The maximum absolute atomic E-state index is 9.53. The highest BCUT2D eigenvalue weighted by molar-refractivity contribution is 4.76. The largest absolute Gasteiger partial charge is 0.396 e. The van der Waals surface area contributed by atoms with E-state index in [1.54, 1.807) is 13.8 Å². The van der Waals surface area contributed by atoms with Crippen molar-refractivity contribution < 1.29 is 25.2 Å². The van der Waals surface area contributed by atoms with Gasteiger partial charge in [0.1, 0.15) is 6.10 Å². The SMILES string of the molecule is CC(C)(CO)C(O)COCC(O)CO. The quantitative estimate of drug-likeness (QED) is 0.419. The molecule has 0 radical (unpaired) electrons. The van der Waals surface area contributed by atoms with Gasteiger partial charge in [-0.05, 0) is 0 Å². The fraction of sp³-hybridized carbons (Fsp3) is 1.00. The van der Waals surface area contributed by atoms with Crippen LogP contribution < -0.4 is 0 Å². The average Bonchev–Trinajstić information content (AvgIpc) is 2.17. The van der Waals surface area contributed by atoms with E-state index in [-0.39, 0.29) is 26.4 Å². The van der Waals surface area contributed by atoms with Crippen LogP contribution in [0.4, 0.5) is 0 Å². The van der Waals surface area contributed by atoms with Crippen molar-refractivity contribution in [1.29, 1.82) is 0 Å². The third kappa shape index (κ3) is 4.88. The lowest BCUT2D eigenvalue weighted by atomic mass is 9.88. The Morgan fingerprint density at radius 3 is 2.14 bits per heavy atom. The monoisotopic (exact) mass is 208 g/mol. The minimum atomic E-state index is -0.917. The Morgan fingerprint density at radius 2 is 1.71 bits per heavy atom. The van der Waals surface area contributed by atoms with Gasteiger partial charge < -0.3 is 25.2 Å². The Labute approximate surface area is 83.9 Å². The van der Waals surface area contributed by atoms with Gasteiger partial charge in [0, 0.05) is 5.41 Å². The van der Waals surface area contributed by atoms with Crippen LogP contribution in [-0.4, -0.2) is 59.1 Å². The number of hydrogen-bond acceptors (Lipinski definition) is 5. The van der Waals surface area contributed by atoms with Gasteiger partial charge in [-0.3, -0.25) is 0 Å². The molecule has 5 heteroatoms. The van der Waals surface area contributed by atoms with Crippen molar-refractivity contribution in [3.8, 4) is 0 Å². The second-order valence-electron chi connectivity index (χ2n) is 4.04. The van der Waals surface area contributed by atoms with Crippen molar-refractivity contribution in [2.45, 2.75) is 26.1 Å². The molecule has 0 bridgehead atoms. The molecule has 2 atom stereocenters. The first kappa shape index (κ1) is 13.8. The van der Waals surface area contributed by atoms with Crippen molar-refractivity contribution in [2.24, 2.45) is 5.41 Å². The number of aliphatic hydroxyl groups is 4. The Balaban J connectivity index is 3.69. The number of hydrogen-bond donors (Lipinski definition) is 4. The van der Waals surface area contributed by atoms with Crippen LogP contribution in [0, 0.1) is 5.41 Å². The molecule has 0 amide bonds. The van der Waals surface area contributed by atoms with Crippen molar-refractivity contribution in [1.82, 2.24) is 0 Å². The molecule has 14 heavy (non-hydrogen) atoms. The zero-order valence-electron chi connectivity index (χ0n) is 8.68. The topological polar surface area (TPSA) is 90.2 Å². The summed E-state index contributed by atoms with van der Waals surface area (Å²) >= 11 is 0. The normalized spacial score (nSPS) is 16.7. The van der Waals surface area contributed by atoms with Crippen molar-refractivity contribution in [3.05, 3.63) is 0 Å². The van der Waals surface area contributed by atoms with Crippen LogP contribution in [0.1, 0.15) is 13.8 Å². The molecular weight excluding hydrogens is 188 g/mol. The van der Waals surface area contributed by atoms with Gasteiger partial charge in [0.05, 0.1) is 32.5 Å². The summed E-state index contributed by atoms with van der Waals surface area (Å²) in [5.41, 5.74) is -0.621. The summed E-state index contributed by atoms with van der Waals surface area (Å²) in [7, 11) is 0. The predicted molar refractivity (Wildman–Crippen MR) is 50.8 cm³/mol. The maximum atomic E-state index is 9.53. The Kier molecular flexibility index (Phi) is 6.22. The van der Waals surface area contributed by atoms with Crippen molar-refractivity contribution >= 4 is 0 Å². The summed E-state index contributed by atoms with van der Waals surface area (Å²) in [5, 5.41) is 35.8. The van der Waals surface area contributed by atoms with Crippen LogP contribution in [0.5, 0.6) is 0 Å². The van der Waals surface area contributed by atoms with E-state index in [0.717, 1.165) is 0 Å². The van der Waals surface area contributed by atoms with E-state index in [2.05, 4.69) is 0 Å². The molecule has 0 aliphatic carbocycles. The van der Waals surface area contributed by atoms with Crippen LogP contribution in [0.25, 0.3) is 0 Å². The standard InChI is InChI=1S/C9H20O5/c1-9(2,6-11)8(13)5-14-4-7(12)3-10/h7-8,10-13H,3-6H2,1-2H3. The van der Waals surface area contributed by atoms with Gasteiger partial charge in [0.25, 0.3) is 0 Å². The average molecular weight is 208 g/mol. The van der Waals surface area contributed by atoms with E-state index in [0.29, 0.717) is 0 Å². The number of aliphatic hydroxyl groups excluding tert-OH is 4. The zero-order valence-corrected chi connectivity index (χ0v) is 8.68. The van der Waals surface area contributed by atoms with Crippen molar-refractivity contribution in [2.75, 3.05) is 26.4 Å². The van der Waals surface area contributed by atoms with Crippen LogP contribution >= 0.6 is 0 Å². The molecular formula is C9H20O5. The van der Waals surface area contributed by atoms with E-state index in [1.807, 2.05) is 0 Å². The fourth-order valence-electron chi connectivity index (χ4n) is 0.699. The van der Waals surface area contributed by atoms with Crippen molar-refractivity contribution in [3.63, 3.8) is 0 Å². The fourth-order valence-corrected chi connectivity index (χ4v) is 0.699. The molecule has 0 saturated heterocycles. The molecule has 0 aromatic carbocycles. The van der Waals surface area contributed by atoms with Gasteiger partial charge in [-0.2, -0.15) is 0 Å². The Hall–Kier alpha value is -0.200. The number of rotatable bonds is 7. The molecule has 5 nitrogen and oxygen atoms in total. The first-order chi connectivity index (χ1) is 6.44. The summed E-state index contributed by atoms with van der Waals surface area (Å²) in [5.74, 6) is 0. The molecule has 0 heterocycles. The zero-order chi connectivity index (χ0) is 11.2. The van der Waals surface area contributed by atoms with Crippen LogP contribution in [0.15, 0.2) is 0 Å². The predicted octanol–water partition coefficient (Wildman–Crippen LogP) is -1.26. The van der Waals surface area contributed by atoms with Gasteiger partial charge in [0.15, 0.2) is 0 Å². The van der Waals surface area contributed by atoms with Crippen LogP contribution in [0.2, 0.25) is 0 Å². The molecule has 0 fully saturated rings. The molecule has 0 rings (SSSR count). The smallest absolute Gasteiger partial charge is 0.100 e. The van der Waals surface area contributed by atoms with Gasteiger partial charge in [-0.15, -0.1) is 0 Å².